The highest BCUT2D eigenvalue weighted by Gasteiger charge is 2.03. The molecule has 0 aliphatic rings. The molecule has 5 heteroatoms. The van der Waals surface area contributed by atoms with Gasteiger partial charge in [-0.1, -0.05) is 6.07 Å². The van der Waals surface area contributed by atoms with Crippen LogP contribution in [0.5, 0.6) is 0 Å². The summed E-state index contributed by atoms with van der Waals surface area (Å²) >= 11 is 0. The number of nitrogens with zero attached hydrogens (tertiary/aromatic N) is 3. The number of nitrogens with one attached hydrogen (secondary N) is 1. The fourth-order valence-electron chi connectivity index (χ4n) is 1.67. The van der Waals surface area contributed by atoms with Crippen molar-refractivity contribution in [2.24, 2.45) is 0 Å². The first-order valence-corrected chi connectivity index (χ1v) is 5.95. The van der Waals surface area contributed by atoms with Gasteiger partial charge in [-0.15, -0.1) is 0 Å². The third-order valence-corrected chi connectivity index (χ3v) is 2.59. The molecule has 2 aromatic heterocycles. The molecule has 0 atom stereocenters. The molecule has 0 fully saturated rings. The maximum atomic E-state index is 11.7. The normalized spacial score (nSPS) is 10.5. The minimum Gasteiger partial charge on any atom is -0.320 e. The van der Waals surface area contributed by atoms with Crippen molar-refractivity contribution in [3.8, 4) is 11.4 Å². The van der Waals surface area contributed by atoms with E-state index in [2.05, 4.69) is 15.4 Å². The first kappa shape index (κ1) is 12.4. The number of rotatable bonds is 5. The Hall–Kier alpha value is -2.01. The maximum Gasteiger partial charge on any atom is 0.266 e. The van der Waals surface area contributed by atoms with E-state index in [4.69, 9.17) is 0 Å². The number of hydrogen-bond acceptors (Lipinski definition) is 4. The number of hydrogen-bond donors (Lipinski definition) is 1. The van der Waals surface area contributed by atoms with Crippen LogP contribution in [-0.4, -0.2) is 28.4 Å². The SMILES string of the molecule is CNCCCn1nc(-c2ccccn2)ccc1=O. The van der Waals surface area contributed by atoms with E-state index < -0.39 is 0 Å². The predicted octanol–water partition coefficient (Wildman–Crippen LogP) is 0.915. The molecule has 94 valence electrons. The van der Waals surface area contributed by atoms with Gasteiger partial charge in [0.15, 0.2) is 0 Å². The van der Waals surface area contributed by atoms with Gasteiger partial charge in [0, 0.05) is 18.8 Å². The van der Waals surface area contributed by atoms with E-state index in [1.807, 2.05) is 25.2 Å². The first-order chi connectivity index (χ1) is 8.81. The van der Waals surface area contributed by atoms with E-state index in [1.165, 1.54) is 10.7 Å². The molecule has 0 aliphatic carbocycles. The molecule has 0 radical (unpaired) electrons. The van der Waals surface area contributed by atoms with Crippen molar-refractivity contribution in [1.29, 1.82) is 0 Å². The molecule has 0 aromatic carbocycles. The molecular weight excluding hydrogens is 228 g/mol. The number of aromatic nitrogens is 3. The average molecular weight is 244 g/mol. The fourth-order valence-corrected chi connectivity index (χ4v) is 1.67. The molecule has 2 rings (SSSR count). The largest absolute Gasteiger partial charge is 0.320 e. The van der Waals surface area contributed by atoms with Crippen LogP contribution in [0.15, 0.2) is 41.3 Å². The summed E-state index contributed by atoms with van der Waals surface area (Å²) in [5.74, 6) is 0. The molecule has 0 saturated heterocycles. The van der Waals surface area contributed by atoms with E-state index in [0.717, 1.165) is 24.4 Å². The van der Waals surface area contributed by atoms with Crippen LogP contribution in [0, 0.1) is 0 Å². The molecule has 2 aromatic rings. The van der Waals surface area contributed by atoms with Crippen molar-refractivity contribution >= 4 is 0 Å². The zero-order valence-electron chi connectivity index (χ0n) is 10.3. The van der Waals surface area contributed by atoms with Gasteiger partial charge in [-0.2, -0.15) is 5.10 Å². The highest BCUT2D eigenvalue weighted by Crippen LogP contribution is 2.10. The van der Waals surface area contributed by atoms with E-state index in [0.29, 0.717) is 6.54 Å². The Morgan fingerprint density at radius 2 is 2.11 bits per heavy atom. The Balaban J connectivity index is 2.24. The van der Waals surface area contributed by atoms with Gasteiger partial charge in [0.2, 0.25) is 0 Å². The van der Waals surface area contributed by atoms with E-state index in [9.17, 15) is 4.79 Å². The van der Waals surface area contributed by atoms with Gasteiger partial charge in [-0.3, -0.25) is 9.78 Å². The van der Waals surface area contributed by atoms with Crippen LogP contribution in [0.2, 0.25) is 0 Å². The summed E-state index contributed by atoms with van der Waals surface area (Å²) in [6.07, 6.45) is 2.59. The van der Waals surface area contributed by atoms with Crippen LogP contribution in [-0.2, 0) is 6.54 Å². The summed E-state index contributed by atoms with van der Waals surface area (Å²) in [7, 11) is 1.89. The third-order valence-electron chi connectivity index (χ3n) is 2.59. The summed E-state index contributed by atoms with van der Waals surface area (Å²) in [5.41, 5.74) is 1.42. The molecule has 0 amide bonds. The summed E-state index contributed by atoms with van der Waals surface area (Å²) in [4.78, 5) is 15.9. The van der Waals surface area contributed by atoms with Crippen molar-refractivity contribution < 1.29 is 0 Å². The number of pyridine rings is 1. The number of aryl methyl sites for hydroxylation is 1. The maximum absolute atomic E-state index is 11.7. The lowest BCUT2D eigenvalue weighted by molar-refractivity contribution is 0.538. The summed E-state index contributed by atoms with van der Waals surface area (Å²) in [6.45, 7) is 1.47. The van der Waals surface area contributed by atoms with E-state index >= 15 is 0 Å². The summed E-state index contributed by atoms with van der Waals surface area (Å²) in [6, 6.07) is 8.88. The van der Waals surface area contributed by atoms with Crippen LogP contribution in [0.4, 0.5) is 0 Å². The standard InChI is InChI=1S/C13H16N4O/c1-14-8-4-10-17-13(18)7-6-12(16-17)11-5-2-3-9-15-11/h2-3,5-7,9,14H,4,8,10H2,1H3. The highest BCUT2D eigenvalue weighted by molar-refractivity contribution is 5.52. The second-order valence-corrected chi connectivity index (χ2v) is 3.95. The average Bonchev–Trinajstić information content (AvgIpc) is 2.42. The van der Waals surface area contributed by atoms with E-state index in [-0.39, 0.29) is 5.56 Å². The Morgan fingerprint density at radius 1 is 1.22 bits per heavy atom. The van der Waals surface area contributed by atoms with Gasteiger partial charge in [-0.25, -0.2) is 4.68 Å². The molecule has 0 unspecified atom stereocenters. The molecule has 0 saturated carbocycles. The van der Waals surface area contributed by atoms with Crippen LogP contribution < -0.4 is 10.9 Å². The zero-order valence-corrected chi connectivity index (χ0v) is 10.3. The van der Waals surface area contributed by atoms with Gasteiger partial charge < -0.3 is 5.32 Å². The molecular formula is C13H16N4O. The van der Waals surface area contributed by atoms with Crippen molar-refractivity contribution in [2.45, 2.75) is 13.0 Å². The minimum atomic E-state index is -0.0780. The third kappa shape index (κ3) is 3.01. The Labute approximate surface area is 105 Å². The Bertz CT molecular complexity index is 550. The second-order valence-electron chi connectivity index (χ2n) is 3.95. The van der Waals surface area contributed by atoms with Crippen LogP contribution in [0.25, 0.3) is 11.4 Å². The summed E-state index contributed by atoms with van der Waals surface area (Å²) < 4.78 is 1.49. The lowest BCUT2D eigenvalue weighted by Crippen LogP contribution is -2.24. The predicted molar refractivity (Wildman–Crippen MR) is 70.3 cm³/mol. The lowest BCUT2D eigenvalue weighted by Gasteiger charge is -2.06. The van der Waals surface area contributed by atoms with Gasteiger partial charge in [0.05, 0.1) is 5.69 Å². The molecule has 0 spiro atoms. The minimum absolute atomic E-state index is 0.0780. The van der Waals surface area contributed by atoms with Crippen LogP contribution >= 0.6 is 0 Å². The Kier molecular flexibility index (Phi) is 4.20. The van der Waals surface area contributed by atoms with Gasteiger partial charge in [0.1, 0.15) is 5.69 Å². The lowest BCUT2D eigenvalue weighted by atomic mass is 10.2. The van der Waals surface area contributed by atoms with Crippen molar-refractivity contribution in [3.63, 3.8) is 0 Å². The van der Waals surface area contributed by atoms with Crippen molar-refractivity contribution in [1.82, 2.24) is 20.1 Å². The van der Waals surface area contributed by atoms with E-state index in [1.54, 1.807) is 12.3 Å². The molecule has 1 N–H and O–H groups in total. The summed E-state index contributed by atoms with van der Waals surface area (Å²) in [5, 5.41) is 7.38. The van der Waals surface area contributed by atoms with Gasteiger partial charge >= 0.3 is 0 Å². The molecule has 0 bridgehead atoms. The molecule has 2 heterocycles. The highest BCUT2D eigenvalue weighted by atomic mass is 16.1. The van der Waals surface area contributed by atoms with Crippen LogP contribution in [0.3, 0.4) is 0 Å². The van der Waals surface area contributed by atoms with Crippen molar-refractivity contribution in [2.75, 3.05) is 13.6 Å². The molecule has 18 heavy (non-hydrogen) atoms. The monoisotopic (exact) mass is 244 g/mol. The fraction of sp³-hybridized carbons (Fsp3) is 0.308. The first-order valence-electron chi connectivity index (χ1n) is 5.95. The Morgan fingerprint density at radius 3 is 2.83 bits per heavy atom. The second kappa shape index (κ2) is 6.07. The quantitative estimate of drug-likeness (QED) is 0.794. The smallest absolute Gasteiger partial charge is 0.266 e. The van der Waals surface area contributed by atoms with Crippen LogP contribution in [0.1, 0.15) is 6.42 Å². The zero-order chi connectivity index (χ0) is 12.8. The molecule has 5 nitrogen and oxygen atoms in total. The van der Waals surface area contributed by atoms with Crippen molar-refractivity contribution in [3.05, 3.63) is 46.9 Å². The van der Waals surface area contributed by atoms with Gasteiger partial charge in [-0.05, 0) is 38.2 Å². The van der Waals surface area contributed by atoms with Gasteiger partial charge in [0.25, 0.3) is 5.56 Å². The molecule has 0 aliphatic heterocycles. The topological polar surface area (TPSA) is 59.8 Å².